The van der Waals surface area contributed by atoms with Gasteiger partial charge in [-0.15, -0.1) is 0 Å². The standard InChI is InChI=1S/C53H107N9O20/c1-47(63)6-15-68-23-31-76-35-29-73-20-12-58-44-48(5-7-57-11-19-72-28-34-77-32-26-70-17-9-55-3)61-51(65)45-81-41-39-79-37-38-80-40-42-82-46-52(66)62-49(43-50(64)59-13-21-74-25-24-69-16-8-54-2)53(67)60-14-22-75-30-36-78-33-27-71-18-10-56-4/h48-49,54-58H,5-46H2,1-4H3,(H,59,64)(H,60,67)(H,61,65)(H,62,66). The lowest BCUT2D eigenvalue weighted by Gasteiger charge is -2.20. The maximum Gasteiger partial charge on any atom is 0.246 e. The summed E-state index contributed by atoms with van der Waals surface area (Å²) in [5, 5.41) is 26.7. The Labute approximate surface area is 487 Å². The number of ether oxygens (including phenoxy) is 15. The molecule has 0 spiro atoms. The summed E-state index contributed by atoms with van der Waals surface area (Å²) in [6.45, 7) is 17.1. The largest absolute Gasteiger partial charge is 0.379 e. The van der Waals surface area contributed by atoms with E-state index >= 15 is 0 Å². The van der Waals surface area contributed by atoms with Crippen molar-refractivity contribution in [1.29, 1.82) is 0 Å². The molecule has 0 aromatic carbocycles. The summed E-state index contributed by atoms with van der Waals surface area (Å²) in [5.74, 6) is -1.76. The van der Waals surface area contributed by atoms with Crippen molar-refractivity contribution in [2.75, 3.05) is 278 Å². The summed E-state index contributed by atoms with van der Waals surface area (Å²) in [6, 6.07) is -1.34. The predicted octanol–water partition coefficient (Wildman–Crippen LogP) is -3.97. The first-order valence-corrected chi connectivity index (χ1v) is 28.9. The zero-order valence-corrected chi connectivity index (χ0v) is 50.0. The number of nitrogens with one attached hydrogen (secondary N) is 9. The van der Waals surface area contributed by atoms with Crippen molar-refractivity contribution in [3.8, 4) is 0 Å². The maximum absolute atomic E-state index is 13.1. The third-order valence-corrected chi connectivity index (χ3v) is 10.7. The molecule has 82 heavy (non-hydrogen) atoms. The van der Waals surface area contributed by atoms with Crippen LogP contribution >= 0.6 is 0 Å². The molecule has 2 atom stereocenters. The summed E-state index contributed by atoms with van der Waals surface area (Å²) >= 11 is 0. The predicted molar refractivity (Wildman–Crippen MR) is 304 cm³/mol. The van der Waals surface area contributed by atoms with Crippen LogP contribution in [0.5, 0.6) is 0 Å². The molecule has 9 N–H and O–H groups in total. The molecule has 29 nitrogen and oxygen atoms in total. The summed E-state index contributed by atoms with van der Waals surface area (Å²) in [4.78, 5) is 62.5. The van der Waals surface area contributed by atoms with E-state index in [9.17, 15) is 24.0 Å². The first-order chi connectivity index (χ1) is 40.2. The second-order valence-electron chi connectivity index (χ2n) is 17.8. The SMILES string of the molecule is CNCCOCCOCCNC(=O)CC(NC(=O)COCCOCCOCCOCC(=O)NC(CCNCCOCCOCCOCCNC)CNCCOCCOCCOCCC(C)=O)C(=O)NCCOCCOCCOCCNC. The highest BCUT2D eigenvalue weighted by molar-refractivity contribution is 5.92. The lowest BCUT2D eigenvalue weighted by atomic mass is 10.1. The van der Waals surface area contributed by atoms with Gasteiger partial charge < -0.3 is 119 Å². The third-order valence-electron chi connectivity index (χ3n) is 10.7. The van der Waals surface area contributed by atoms with Crippen LogP contribution in [0.4, 0.5) is 0 Å². The first-order valence-electron chi connectivity index (χ1n) is 28.9. The quantitative estimate of drug-likeness (QED) is 0.0262. The Morgan fingerprint density at radius 3 is 1.06 bits per heavy atom. The molecule has 0 aromatic heterocycles. The number of rotatable bonds is 68. The summed E-state index contributed by atoms with van der Waals surface area (Å²) < 4.78 is 82.5. The Hall–Kier alpha value is -3.25. The third kappa shape index (κ3) is 61.3. The molecule has 0 fully saturated rings. The van der Waals surface area contributed by atoms with Crippen LogP contribution in [-0.4, -0.2) is 320 Å². The maximum atomic E-state index is 13.1. The lowest BCUT2D eigenvalue weighted by Crippen LogP contribution is -2.50. The number of hydrogen-bond donors (Lipinski definition) is 9. The molecule has 0 radical (unpaired) electrons. The molecular weight excluding hydrogens is 1080 g/mol. The number of hydrogen-bond acceptors (Lipinski definition) is 25. The van der Waals surface area contributed by atoms with Crippen LogP contribution in [0, 0.1) is 0 Å². The molecule has 29 heteroatoms. The van der Waals surface area contributed by atoms with Crippen molar-refractivity contribution in [2.24, 2.45) is 0 Å². The van der Waals surface area contributed by atoms with Gasteiger partial charge in [0.05, 0.1) is 191 Å². The van der Waals surface area contributed by atoms with Crippen molar-refractivity contribution in [3.63, 3.8) is 0 Å². The van der Waals surface area contributed by atoms with Gasteiger partial charge in [0.25, 0.3) is 0 Å². The van der Waals surface area contributed by atoms with Crippen molar-refractivity contribution in [1.82, 2.24) is 47.9 Å². The number of ketones is 1. The number of carbonyl (C=O) groups is 5. The van der Waals surface area contributed by atoms with Gasteiger partial charge in [-0.2, -0.15) is 0 Å². The average molecular weight is 1190 g/mol. The molecule has 0 bridgehead atoms. The van der Waals surface area contributed by atoms with Gasteiger partial charge in [0.15, 0.2) is 0 Å². The normalized spacial score (nSPS) is 12.1. The van der Waals surface area contributed by atoms with Gasteiger partial charge in [-0.3, -0.25) is 24.0 Å². The van der Waals surface area contributed by atoms with Crippen LogP contribution in [0.3, 0.4) is 0 Å². The van der Waals surface area contributed by atoms with E-state index in [4.69, 9.17) is 71.1 Å². The highest BCUT2D eigenvalue weighted by Crippen LogP contribution is 1.97. The van der Waals surface area contributed by atoms with E-state index in [1.807, 2.05) is 21.1 Å². The van der Waals surface area contributed by atoms with E-state index in [0.29, 0.717) is 171 Å². The van der Waals surface area contributed by atoms with E-state index in [1.54, 1.807) is 0 Å². The fourth-order valence-electron chi connectivity index (χ4n) is 6.37. The molecule has 0 heterocycles. The van der Waals surface area contributed by atoms with Gasteiger partial charge in [-0.25, -0.2) is 0 Å². The molecule has 0 rings (SSSR count). The average Bonchev–Trinajstić information content (AvgIpc) is 3.46. The number of likely N-dealkylation sites (N-methyl/N-ethyl adjacent to an activating group) is 3. The van der Waals surface area contributed by atoms with Gasteiger partial charge >= 0.3 is 0 Å². The summed E-state index contributed by atoms with van der Waals surface area (Å²) in [7, 11) is 5.57. The number of Topliss-reactive ketones (excluding diaryl/α,β-unsaturated/α-hetero) is 1. The van der Waals surface area contributed by atoms with Crippen LogP contribution in [0.15, 0.2) is 0 Å². The van der Waals surface area contributed by atoms with E-state index < -0.39 is 23.8 Å². The molecule has 0 aliphatic carbocycles. The second kappa shape index (κ2) is 65.3. The van der Waals surface area contributed by atoms with Crippen LogP contribution in [0.25, 0.3) is 0 Å². The fraction of sp³-hybridized carbons (Fsp3) is 0.906. The molecule has 0 aliphatic rings. The van der Waals surface area contributed by atoms with Crippen molar-refractivity contribution >= 4 is 29.4 Å². The summed E-state index contributed by atoms with van der Waals surface area (Å²) in [6.07, 6.45) is 0.753. The lowest BCUT2D eigenvalue weighted by molar-refractivity contribution is -0.134. The Morgan fingerprint density at radius 1 is 0.329 bits per heavy atom. The van der Waals surface area contributed by atoms with E-state index in [-0.39, 0.29) is 103 Å². The Bertz CT molecular complexity index is 1440. The van der Waals surface area contributed by atoms with Crippen molar-refractivity contribution < 1.29 is 95.0 Å². The zero-order chi connectivity index (χ0) is 59.7. The summed E-state index contributed by atoms with van der Waals surface area (Å²) in [5.41, 5.74) is 0. The highest BCUT2D eigenvalue weighted by Gasteiger charge is 2.24. The van der Waals surface area contributed by atoms with Gasteiger partial charge in [-0.05, 0) is 41.0 Å². The fourth-order valence-corrected chi connectivity index (χ4v) is 6.37. The molecule has 0 aliphatic heterocycles. The number of amides is 4. The minimum absolute atomic E-state index is 0.0887. The van der Waals surface area contributed by atoms with Crippen LogP contribution in [0.2, 0.25) is 0 Å². The molecule has 484 valence electrons. The monoisotopic (exact) mass is 1190 g/mol. The molecule has 4 amide bonds. The van der Waals surface area contributed by atoms with Crippen LogP contribution in [-0.2, 0) is 95.0 Å². The van der Waals surface area contributed by atoms with Crippen molar-refractivity contribution in [3.05, 3.63) is 0 Å². The Morgan fingerprint density at radius 2 is 0.659 bits per heavy atom. The second-order valence-corrected chi connectivity index (χ2v) is 17.8. The van der Waals surface area contributed by atoms with Gasteiger partial charge in [0, 0.05) is 64.8 Å². The van der Waals surface area contributed by atoms with E-state index in [2.05, 4.69) is 47.9 Å². The molecule has 0 saturated heterocycles. The number of carbonyl (C=O) groups excluding carboxylic acids is 5. The Kier molecular flexibility index (Phi) is 62.7. The minimum atomic E-state index is -1.17. The topological polar surface area (TPSA) is 332 Å². The van der Waals surface area contributed by atoms with Crippen molar-refractivity contribution in [2.45, 2.75) is 38.3 Å². The van der Waals surface area contributed by atoms with E-state index in [0.717, 1.165) is 19.6 Å². The molecular formula is C53H107N9O20. The van der Waals surface area contributed by atoms with Gasteiger partial charge in [0.1, 0.15) is 25.0 Å². The van der Waals surface area contributed by atoms with Crippen LogP contribution in [0.1, 0.15) is 26.2 Å². The smallest absolute Gasteiger partial charge is 0.246 e. The Balaban J connectivity index is 4.54. The zero-order valence-electron chi connectivity index (χ0n) is 50.0. The minimum Gasteiger partial charge on any atom is -0.379 e. The first kappa shape index (κ1) is 78.8. The van der Waals surface area contributed by atoms with E-state index in [1.165, 1.54) is 6.92 Å². The molecule has 2 unspecified atom stereocenters. The van der Waals surface area contributed by atoms with Gasteiger partial charge in [-0.1, -0.05) is 0 Å². The van der Waals surface area contributed by atoms with Gasteiger partial charge in [0.2, 0.25) is 23.6 Å². The molecule has 0 saturated carbocycles. The molecule has 0 aromatic rings. The highest BCUT2D eigenvalue weighted by atomic mass is 16.6. The van der Waals surface area contributed by atoms with Crippen LogP contribution < -0.4 is 47.9 Å².